The number of rotatable bonds is 11. The third kappa shape index (κ3) is 24.6. The molecule has 0 aromatic heterocycles. The molecule has 7 heteroatoms. The molecule has 0 bridgehead atoms. The first-order valence-electron chi connectivity index (χ1n) is 12.2. The van der Waals surface area contributed by atoms with Crippen molar-refractivity contribution in [3.63, 3.8) is 0 Å². The van der Waals surface area contributed by atoms with Crippen LogP contribution in [0.25, 0.3) is 0 Å². The predicted molar refractivity (Wildman–Crippen MR) is 143 cm³/mol. The average Bonchev–Trinajstić information content (AvgIpc) is 2.85. The fraction of sp³-hybridized carbons (Fsp3) is 0.667. The average molecular weight is 482 g/mol. The van der Waals surface area contributed by atoms with E-state index in [-0.39, 0.29) is 24.0 Å². The second-order valence-corrected chi connectivity index (χ2v) is 8.82. The van der Waals surface area contributed by atoms with Crippen molar-refractivity contribution in [2.24, 2.45) is 5.41 Å². The Hall–Kier alpha value is -2.09. The molecule has 198 valence electrons. The molecule has 1 rings (SSSR count). The quantitative estimate of drug-likeness (QED) is 0.359. The third-order valence-electron chi connectivity index (χ3n) is 4.56. The van der Waals surface area contributed by atoms with E-state index in [1.807, 2.05) is 32.2 Å². The maximum atomic E-state index is 11.5. The van der Waals surface area contributed by atoms with Crippen molar-refractivity contribution in [2.75, 3.05) is 33.8 Å². The molecule has 0 heterocycles. The lowest BCUT2D eigenvalue weighted by Gasteiger charge is -2.24. The largest absolute Gasteiger partial charge is 0.395 e. The molecule has 1 aromatic carbocycles. The van der Waals surface area contributed by atoms with Crippen LogP contribution in [-0.2, 0) is 14.4 Å². The summed E-state index contributed by atoms with van der Waals surface area (Å²) in [5.41, 5.74) is 1.39. The summed E-state index contributed by atoms with van der Waals surface area (Å²) < 4.78 is 0. The lowest BCUT2D eigenvalue weighted by Crippen LogP contribution is -2.45. The van der Waals surface area contributed by atoms with Crippen LogP contribution in [0.2, 0.25) is 0 Å². The van der Waals surface area contributed by atoms with E-state index < -0.39 is 0 Å². The first kappa shape index (κ1) is 36.5. The highest BCUT2D eigenvalue weighted by atomic mass is 16.3. The number of likely N-dealkylation sites (N-methyl/N-ethyl adjacent to an activating group) is 1. The van der Waals surface area contributed by atoms with E-state index in [1.165, 1.54) is 5.56 Å². The molecule has 7 nitrogen and oxygen atoms in total. The summed E-state index contributed by atoms with van der Waals surface area (Å²) in [6.07, 6.45) is 4.96. The minimum absolute atomic E-state index is 0.0162. The molecule has 0 radical (unpaired) electrons. The van der Waals surface area contributed by atoms with Crippen LogP contribution in [0.15, 0.2) is 30.3 Å². The molecule has 4 N–H and O–H groups in total. The molecular weight excluding hydrogens is 430 g/mol. The normalized spacial score (nSPS) is 11.7. The summed E-state index contributed by atoms with van der Waals surface area (Å²) in [6, 6.07) is 10.0. The Balaban J connectivity index is -0.000000433. The number of nitrogens with one attached hydrogen (secondary N) is 3. The van der Waals surface area contributed by atoms with Crippen molar-refractivity contribution in [3.8, 4) is 0 Å². The number of amides is 1. The molecule has 0 saturated heterocycles. The van der Waals surface area contributed by atoms with Gasteiger partial charge in [-0.05, 0) is 50.4 Å². The van der Waals surface area contributed by atoms with Crippen LogP contribution >= 0.6 is 0 Å². The van der Waals surface area contributed by atoms with Gasteiger partial charge in [0.15, 0.2) is 0 Å². The molecule has 0 aliphatic rings. The van der Waals surface area contributed by atoms with Crippen molar-refractivity contribution in [1.29, 1.82) is 0 Å². The Morgan fingerprint density at radius 1 is 1.03 bits per heavy atom. The van der Waals surface area contributed by atoms with E-state index in [2.05, 4.69) is 62.7 Å². The van der Waals surface area contributed by atoms with Crippen LogP contribution in [0.3, 0.4) is 0 Å². The summed E-state index contributed by atoms with van der Waals surface area (Å²) in [7, 11) is 3.70. The van der Waals surface area contributed by atoms with Crippen molar-refractivity contribution >= 4 is 18.5 Å². The minimum Gasteiger partial charge on any atom is -0.395 e. The van der Waals surface area contributed by atoms with Crippen molar-refractivity contribution in [1.82, 2.24) is 16.0 Å². The Kier molecular flexibility index (Phi) is 27.4. The maximum absolute atomic E-state index is 11.5. The van der Waals surface area contributed by atoms with Gasteiger partial charge in [0, 0.05) is 19.4 Å². The summed E-state index contributed by atoms with van der Waals surface area (Å²) >= 11 is 0. The molecular formula is C27H51N3O4. The zero-order chi connectivity index (χ0) is 26.8. The zero-order valence-corrected chi connectivity index (χ0v) is 22.8. The van der Waals surface area contributed by atoms with E-state index in [0.717, 1.165) is 32.0 Å². The molecule has 0 saturated carbocycles. The fourth-order valence-electron chi connectivity index (χ4n) is 2.62. The minimum atomic E-state index is -0.179. The van der Waals surface area contributed by atoms with Crippen LogP contribution in [0, 0.1) is 5.41 Å². The number of hydrogen-bond donors (Lipinski definition) is 4. The number of aldehydes is 2. The highest BCUT2D eigenvalue weighted by Crippen LogP contribution is 2.21. The van der Waals surface area contributed by atoms with Crippen molar-refractivity contribution < 1.29 is 19.5 Å². The summed E-state index contributed by atoms with van der Waals surface area (Å²) in [5.74, 6) is 0.361. The Bertz CT molecular complexity index is 587. The van der Waals surface area contributed by atoms with Gasteiger partial charge in [-0.15, -0.1) is 0 Å². The number of benzene rings is 1. The van der Waals surface area contributed by atoms with Gasteiger partial charge in [0.2, 0.25) is 5.91 Å². The van der Waals surface area contributed by atoms with Gasteiger partial charge in [-0.25, -0.2) is 0 Å². The van der Waals surface area contributed by atoms with Crippen LogP contribution in [-0.4, -0.2) is 63.4 Å². The van der Waals surface area contributed by atoms with Gasteiger partial charge in [0.1, 0.15) is 12.6 Å². The van der Waals surface area contributed by atoms with E-state index >= 15 is 0 Å². The SMILES string of the molecule is CCC(CC=O)c1ccccc1.CCC=O.CCNC.CNC(CC(C)(C)C)C(=O)NCCO. The molecule has 34 heavy (non-hydrogen) atoms. The number of aliphatic hydroxyl groups is 1. The first-order chi connectivity index (χ1) is 16.1. The standard InChI is InChI=1S/C11H14O.C10H22N2O2.C3H9N.C3H6O/c1-2-10(8-9-12)11-6-4-3-5-7-11;1-10(2,3)7-8(11-4)9(14)12-5-6-13;1-3-4-2;1-2-3-4/h3-7,9-10H,2,8H2,1H3;8,11,13H,5-7H2,1-4H3,(H,12,14);4H,3H2,1-2H3;3H,2H2,1H3. The summed E-state index contributed by atoms with van der Waals surface area (Å²) in [4.78, 5) is 31.0. The van der Waals surface area contributed by atoms with E-state index in [0.29, 0.717) is 25.3 Å². The zero-order valence-electron chi connectivity index (χ0n) is 22.8. The highest BCUT2D eigenvalue weighted by Gasteiger charge is 2.22. The second-order valence-electron chi connectivity index (χ2n) is 8.82. The second kappa shape index (κ2) is 25.5. The Morgan fingerprint density at radius 3 is 1.88 bits per heavy atom. The monoisotopic (exact) mass is 481 g/mol. The fourth-order valence-corrected chi connectivity index (χ4v) is 2.62. The van der Waals surface area contributed by atoms with E-state index in [1.54, 1.807) is 7.05 Å². The van der Waals surface area contributed by atoms with Crippen molar-refractivity contribution in [3.05, 3.63) is 35.9 Å². The van der Waals surface area contributed by atoms with E-state index in [4.69, 9.17) is 5.11 Å². The molecule has 0 aliphatic heterocycles. The van der Waals surface area contributed by atoms with Gasteiger partial charge in [0.05, 0.1) is 12.6 Å². The Labute approximate surface area is 208 Å². The van der Waals surface area contributed by atoms with Crippen LogP contribution in [0.4, 0.5) is 0 Å². The van der Waals surface area contributed by atoms with Crippen LogP contribution in [0.5, 0.6) is 0 Å². The molecule has 0 aliphatic carbocycles. The lowest BCUT2D eigenvalue weighted by molar-refractivity contribution is -0.123. The maximum Gasteiger partial charge on any atom is 0.237 e. The summed E-state index contributed by atoms with van der Waals surface area (Å²) in [5, 5.41) is 17.1. The van der Waals surface area contributed by atoms with Crippen molar-refractivity contribution in [2.45, 2.75) is 79.2 Å². The topological polar surface area (TPSA) is 108 Å². The smallest absolute Gasteiger partial charge is 0.237 e. The number of carbonyl (C=O) groups is 3. The van der Waals surface area contributed by atoms with Gasteiger partial charge in [0.25, 0.3) is 0 Å². The highest BCUT2D eigenvalue weighted by molar-refractivity contribution is 5.81. The van der Waals surface area contributed by atoms with Gasteiger partial charge < -0.3 is 30.6 Å². The first-order valence-corrected chi connectivity index (χ1v) is 12.2. The van der Waals surface area contributed by atoms with Gasteiger partial charge in [-0.2, -0.15) is 0 Å². The Morgan fingerprint density at radius 2 is 1.56 bits per heavy atom. The van der Waals surface area contributed by atoms with Gasteiger partial charge >= 0.3 is 0 Å². The van der Waals surface area contributed by atoms with Gasteiger partial charge in [-0.3, -0.25) is 4.79 Å². The van der Waals surface area contributed by atoms with Crippen LogP contribution < -0.4 is 16.0 Å². The molecule has 0 spiro atoms. The van der Waals surface area contributed by atoms with E-state index in [9.17, 15) is 14.4 Å². The van der Waals surface area contributed by atoms with Crippen LogP contribution in [0.1, 0.15) is 78.7 Å². The third-order valence-corrected chi connectivity index (χ3v) is 4.56. The lowest BCUT2D eigenvalue weighted by atomic mass is 9.88. The predicted octanol–water partition coefficient (Wildman–Crippen LogP) is 3.71. The molecule has 1 amide bonds. The number of aliphatic hydroxyl groups excluding tert-OH is 1. The molecule has 2 unspecified atom stereocenters. The number of hydrogen-bond acceptors (Lipinski definition) is 6. The number of carbonyl (C=O) groups excluding carboxylic acids is 3. The summed E-state index contributed by atoms with van der Waals surface area (Å²) in [6.45, 7) is 13.6. The van der Waals surface area contributed by atoms with Gasteiger partial charge in [-0.1, -0.05) is 71.9 Å². The molecule has 1 aromatic rings. The molecule has 0 fully saturated rings. The molecule has 2 atom stereocenters.